The molecule has 2 aromatic rings. The van der Waals surface area contributed by atoms with Gasteiger partial charge in [-0.05, 0) is 41.5 Å². The molecule has 3 rings (SSSR count). The average Bonchev–Trinajstić information content (AvgIpc) is 2.59. The van der Waals surface area contributed by atoms with Gasteiger partial charge in [0.05, 0.1) is 0 Å². The van der Waals surface area contributed by atoms with E-state index in [1.54, 1.807) is 0 Å². The van der Waals surface area contributed by atoms with Crippen LogP contribution in [0.1, 0.15) is 31.7 Å². The zero-order chi connectivity index (χ0) is 16.2. The van der Waals surface area contributed by atoms with Crippen molar-refractivity contribution in [3.8, 4) is 0 Å². The van der Waals surface area contributed by atoms with E-state index in [9.17, 15) is 4.79 Å². The monoisotopic (exact) mass is 346 g/mol. The van der Waals surface area contributed by atoms with Crippen molar-refractivity contribution in [1.82, 2.24) is 4.90 Å². The van der Waals surface area contributed by atoms with E-state index >= 15 is 0 Å². The number of fused-ring (bicyclic) bond motifs is 1. The Morgan fingerprint density at radius 2 is 1.96 bits per heavy atom. The number of aryl methyl sites for hydroxylation is 1. The van der Waals surface area contributed by atoms with E-state index in [2.05, 4.69) is 49.4 Å². The SMILES string of the molecule is CC1CCN(C(=O)CCc2ccc3ccccc3c2)C(CN)C1.Cl. The quantitative estimate of drug-likeness (QED) is 0.915. The number of halogens is 1. The van der Waals surface area contributed by atoms with Gasteiger partial charge >= 0.3 is 0 Å². The maximum atomic E-state index is 12.6. The van der Waals surface area contributed by atoms with Gasteiger partial charge in [0, 0.05) is 25.6 Å². The summed E-state index contributed by atoms with van der Waals surface area (Å²) in [5, 5.41) is 2.49. The van der Waals surface area contributed by atoms with Gasteiger partial charge in [-0.1, -0.05) is 49.4 Å². The minimum Gasteiger partial charge on any atom is -0.338 e. The number of piperidine rings is 1. The van der Waals surface area contributed by atoms with Crippen LogP contribution >= 0.6 is 12.4 Å². The zero-order valence-electron chi connectivity index (χ0n) is 14.3. The van der Waals surface area contributed by atoms with Crippen molar-refractivity contribution in [2.75, 3.05) is 13.1 Å². The molecular weight excluding hydrogens is 320 g/mol. The lowest BCUT2D eigenvalue weighted by Gasteiger charge is -2.38. The fraction of sp³-hybridized carbons (Fsp3) is 0.450. The number of carbonyl (C=O) groups excluding carboxylic acids is 1. The molecule has 0 saturated carbocycles. The Hall–Kier alpha value is -1.58. The van der Waals surface area contributed by atoms with Crippen LogP contribution in [0, 0.1) is 5.92 Å². The van der Waals surface area contributed by atoms with Crippen molar-refractivity contribution in [2.45, 2.75) is 38.6 Å². The Morgan fingerprint density at radius 1 is 1.21 bits per heavy atom. The first-order valence-electron chi connectivity index (χ1n) is 8.64. The van der Waals surface area contributed by atoms with Gasteiger partial charge < -0.3 is 10.6 Å². The molecule has 2 atom stereocenters. The van der Waals surface area contributed by atoms with Gasteiger partial charge in [0.1, 0.15) is 0 Å². The van der Waals surface area contributed by atoms with Crippen molar-refractivity contribution < 1.29 is 4.79 Å². The molecule has 0 aliphatic carbocycles. The topological polar surface area (TPSA) is 46.3 Å². The Balaban J connectivity index is 0.00000208. The van der Waals surface area contributed by atoms with Crippen LogP contribution in [-0.4, -0.2) is 29.9 Å². The van der Waals surface area contributed by atoms with Gasteiger partial charge in [-0.25, -0.2) is 0 Å². The van der Waals surface area contributed by atoms with Gasteiger partial charge in [0.2, 0.25) is 5.91 Å². The Kier molecular flexibility index (Phi) is 6.64. The predicted molar refractivity (Wildman–Crippen MR) is 102 cm³/mol. The molecule has 3 nitrogen and oxygen atoms in total. The van der Waals surface area contributed by atoms with E-state index in [0.717, 1.165) is 25.8 Å². The third-order valence-electron chi connectivity index (χ3n) is 5.01. The van der Waals surface area contributed by atoms with Crippen molar-refractivity contribution in [3.05, 3.63) is 48.0 Å². The molecule has 1 aliphatic heterocycles. The molecule has 2 unspecified atom stereocenters. The van der Waals surface area contributed by atoms with E-state index in [1.165, 1.54) is 16.3 Å². The first-order valence-corrected chi connectivity index (χ1v) is 8.64. The minimum absolute atomic E-state index is 0. The highest BCUT2D eigenvalue weighted by molar-refractivity contribution is 5.85. The number of rotatable bonds is 4. The van der Waals surface area contributed by atoms with Gasteiger partial charge in [-0.2, -0.15) is 0 Å². The molecule has 24 heavy (non-hydrogen) atoms. The molecule has 0 aromatic heterocycles. The summed E-state index contributed by atoms with van der Waals surface area (Å²) in [4.78, 5) is 14.6. The largest absolute Gasteiger partial charge is 0.338 e. The molecule has 2 N–H and O–H groups in total. The van der Waals surface area contributed by atoms with E-state index in [1.807, 2.05) is 4.90 Å². The van der Waals surface area contributed by atoms with E-state index in [-0.39, 0.29) is 24.4 Å². The molecule has 0 radical (unpaired) electrons. The predicted octanol–water partition coefficient (Wildman–Crippen LogP) is 3.78. The highest BCUT2D eigenvalue weighted by atomic mass is 35.5. The second-order valence-electron chi connectivity index (χ2n) is 6.79. The summed E-state index contributed by atoms with van der Waals surface area (Å²) < 4.78 is 0. The number of hydrogen-bond acceptors (Lipinski definition) is 2. The first-order chi connectivity index (χ1) is 11.2. The normalized spacial score (nSPS) is 20.7. The molecule has 4 heteroatoms. The van der Waals surface area contributed by atoms with E-state index < -0.39 is 0 Å². The maximum absolute atomic E-state index is 12.6. The second kappa shape index (κ2) is 8.50. The minimum atomic E-state index is 0. The lowest BCUT2D eigenvalue weighted by atomic mass is 9.92. The summed E-state index contributed by atoms with van der Waals surface area (Å²) in [6, 6.07) is 15.0. The van der Waals surface area contributed by atoms with E-state index in [0.29, 0.717) is 18.9 Å². The summed E-state index contributed by atoms with van der Waals surface area (Å²) in [5.41, 5.74) is 7.10. The third kappa shape index (κ3) is 4.28. The smallest absolute Gasteiger partial charge is 0.223 e. The van der Waals surface area contributed by atoms with Crippen molar-refractivity contribution >= 4 is 29.1 Å². The molecule has 1 saturated heterocycles. The van der Waals surface area contributed by atoms with Crippen molar-refractivity contribution in [2.24, 2.45) is 11.7 Å². The Bertz CT molecular complexity index is 688. The second-order valence-corrected chi connectivity index (χ2v) is 6.79. The molecular formula is C20H27ClN2O. The van der Waals surface area contributed by atoms with Crippen LogP contribution in [0.25, 0.3) is 10.8 Å². The van der Waals surface area contributed by atoms with Crippen LogP contribution in [-0.2, 0) is 11.2 Å². The lowest BCUT2D eigenvalue weighted by molar-refractivity contribution is -0.135. The number of carbonyl (C=O) groups is 1. The Morgan fingerprint density at radius 3 is 2.71 bits per heavy atom. The summed E-state index contributed by atoms with van der Waals surface area (Å²) >= 11 is 0. The molecule has 1 aliphatic rings. The van der Waals surface area contributed by atoms with Crippen LogP contribution < -0.4 is 5.73 Å². The summed E-state index contributed by atoms with van der Waals surface area (Å²) in [6.45, 7) is 3.69. The number of benzene rings is 2. The first kappa shape index (κ1) is 18.8. The maximum Gasteiger partial charge on any atom is 0.223 e. The van der Waals surface area contributed by atoms with Crippen molar-refractivity contribution in [3.63, 3.8) is 0 Å². The summed E-state index contributed by atoms with van der Waals surface area (Å²) in [7, 11) is 0. The van der Waals surface area contributed by atoms with E-state index in [4.69, 9.17) is 5.73 Å². The van der Waals surface area contributed by atoms with Gasteiger partial charge in [0.25, 0.3) is 0 Å². The van der Waals surface area contributed by atoms with Crippen molar-refractivity contribution in [1.29, 1.82) is 0 Å². The van der Waals surface area contributed by atoms with Gasteiger partial charge in [-0.15, -0.1) is 12.4 Å². The third-order valence-corrected chi connectivity index (χ3v) is 5.01. The summed E-state index contributed by atoms with van der Waals surface area (Å²) in [6.07, 6.45) is 3.51. The zero-order valence-corrected chi connectivity index (χ0v) is 15.1. The highest BCUT2D eigenvalue weighted by Gasteiger charge is 2.28. The molecule has 1 heterocycles. The number of nitrogens with two attached hydrogens (primary N) is 1. The molecule has 1 fully saturated rings. The van der Waals surface area contributed by atoms with Crippen LogP contribution in [0.2, 0.25) is 0 Å². The molecule has 0 spiro atoms. The van der Waals surface area contributed by atoms with Gasteiger partial charge in [0.15, 0.2) is 0 Å². The lowest BCUT2D eigenvalue weighted by Crippen LogP contribution is -2.49. The standard InChI is InChI=1S/C20H26N2O.ClH/c1-15-10-11-22(19(12-15)14-21)20(23)9-7-16-6-8-17-4-2-3-5-18(17)13-16;/h2-6,8,13,15,19H,7,9-12,14,21H2,1H3;1H. The van der Waals surface area contributed by atoms with Crippen LogP contribution in [0.15, 0.2) is 42.5 Å². The number of amides is 1. The van der Waals surface area contributed by atoms with Crippen LogP contribution in [0.3, 0.4) is 0 Å². The molecule has 1 amide bonds. The number of hydrogen-bond donors (Lipinski definition) is 1. The number of nitrogens with zero attached hydrogens (tertiary/aromatic N) is 1. The van der Waals surface area contributed by atoms with Crippen LogP contribution in [0.5, 0.6) is 0 Å². The van der Waals surface area contributed by atoms with Crippen LogP contribution in [0.4, 0.5) is 0 Å². The molecule has 2 aromatic carbocycles. The van der Waals surface area contributed by atoms with Gasteiger partial charge in [-0.3, -0.25) is 4.79 Å². The molecule has 0 bridgehead atoms. The number of likely N-dealkylation sites (tertiary alicyclic amines) is 1. The highest BCUT2D eigenvalue weighted by Crippen LogP contribution is 2.23. The summed E-state index contributed by atoms with van der Waals surface area (Å²) in [5.74, 6) is 0.925. The average molecular weight is 347 g/mol. The fourth-order valence-corrected chi connectivity index (χ4v) is 3.59. The fourth-order valence-electron chi connectivity index (χ4n) is 3.59. The molecule has 130 valence electrons. The Labute approximate surface area is 150 Å².